The molecule has 0 atom stereocenters. The summed E-state index contributed by atoms with van der Waals surface area (Å²) in [6, 6.07) is 0. The molecule has 80 valence electrons. The van der Waals surface area contributed by atoms with Crippen molar-refractivity contribution in [2.75, 3.05) is 25.1 Å². The molecule has 4 nitrogen and oxygen atoms in total. The van der Waals surface area contributed by atoms with Crippen LogP contribution in [0.15, 0.2) is 0 Å². The highest BCUT2D eigenvalue weighted by molar-refractivity contribution is 7.98. The minimum atomic E-state index is -0.772. The minimum Gasteiger partial charge on any atom is -0.481 e. The Labute approximate surface area is 87.7 Å². The molecule has 14 heavy (non-hydrogen) atoms. The van der Waals surface area contributed by atoms with Crippen LogP contribution in [-0.2, 0) is 9.59 Å². The van der Waals surface area contributed by atoms with Gasteiger partial charge >= 0.3 is 5.97 Å². The fraction of sp³-hybridized carbons (Fsp3) is 0.778. The molecule has 0 unspecified atom stereocenters. The van der Waals surface area contributed by atoms with E-state index in [1.807, 2.05) is 6.26 Å². The van der Waals surface area contributed by atoms with Crippen molar-refractivity contribution in [2.45, 2.75) is 12.8 Å². The van der Waals surface area contributed by atoms with Crippen LogP contribution in [0.3, 0.4) is 0 Å². The number of rotatable bonds is 5. The zero-order chi connectivity index (χ0) is 10.6. The Balaban J connectivity index is 2.14. The second-order valence-electron chi connectivity index (χ2n) is 3.51. The van der Waals surface area contributed by atoms with E-state index in [0.717, 1.165) is 5.75 Å². The van der Waals surface area contributed by atoms with Gasteiger partial charge in [0.15, 0.2) is 0 Å². The van der Waals surface area contributed by atoms with Crippen molar-refractivity contribution in [1.29, 1.82) is 0 Å². The number of likely N-dealkylation sites (tertiary alicyclic amines) is 1. The van der Waals surface area contributed by atoms with Crippen molar-refractivity contribution in [2.24, 2.45) is 5.92 Å². The average Bonchev–Trinajstić information content (AvgIpc) is 2.06. The topological polar surface area (TPSA) is 57.6 Å². The first-order chi connectivity index (χ1) is 6.63. The maximum atomic E-state index is 11.4. The number of hydrogen-bond acceptors (Lipinski definition) is 3. The molecule has 0 aromatic rings. The normalized spacial score (nSPS) is 16.5. The Bertz CT molecular complexity index is 226. The molecule has 1 N–H and O–H groups in total. The second-order valence-corrected chi connectivity index (χ2v) is 4.49. The van der Waals surface area contributed by atoms with Crippen LogP contribution in [0.5, 0.6) is 0 Å². The summed E-state index contributed by atoms with van der Waals surface area (Å²) in [5.41, 5.74) is 0. The number of carbonyl (C=O) groups excluding carboxylic acids is 1. The Hall–Kier alpha value is -0.710. The lowest BCUT2D eigenvalue weighted by Gasteiger charge is -2.38. The lowest BCUT2D eigenvalue weighted by Crippen LogP contribution is -2.50. The number of aliphatic carboxylic acids is 1. The predicted octanol–water partition coefficient (Wildman–Crippen LogP) is 0.673. The molecule has 0 saturated carbocycles. The molecule has 0 radical (unpaired) electrons. The molecular formula is C9H15NO3S. The lowest BCUT2D eigenvalue weighted by atomic mass is 9.96. The van der Waals surface area contributed by atoms with E-state index >= 15 is 0 Å². The molecule has 1 aliphatic heterocycles. The minimum absolute atomic E-state index is 0.154. The third-order valence-electron chi connectivity index (χ3n) is 2.29. The number of thioether (sulfide) groups is 1. The van der Waals surface area contributed by atoms with Crippen molar-refractivity contribution >= 4 is 23.6 Å². The summed E-state index contributed by atoms with van der Waals surface area (Å²) in [5.74, 6) is 0.400. The van der Waals surface area contributed by atoms with Gasteiger partial charge in [-0.2, -0.15) is 11.8 Å². The van der Waals surface area contributed by atoms with Gasteiger partial charge in [-0.15, -0.1) is 0 Å². The molecular weight excluding hydrogens is 202 g/mol. The standard InChI is InChI=1S/C9H15NO3S/c1-14-3-2-8(11)10-5-7(6-10)4-9(12)13/h7H,2-6H2,1H3,(H,12,13). The van der Waals surface area contributed by atoms with Crippen LogP contribution in [-0.4, -0.2) is 47.0 Å². The van der Waals surface area contributed by atoms with E-state index in [-0.39, 0.29) is 18.2 Å². The maximum absolute atomic E-state index is 11.4. The van der Waals surface area contributed by atoms with Crippen molar-refractivity contribution in [1.82, 2.24) is 4.90 Å². The number of carboxylic acids is 1. The van der Waals surface area contributed by atoms with Gasteiger partial charge in [0, 0.05) is 31.2 Å². The molecule has 0 aromatic heterocycles. The largest absolute Gasteiger partial charge is 0.481 e. The second kappa shape index (κ2) is 5.24. The molecule has 0 bridgehead atoms. The van der Waals surface area contributed by atoms with E-state index in [1.165, 1.54) is 0 Å². The van der Waals surface area contributed by atoms with Gasteiger partial charge in [0.2, 0.25) is 5.91 Å². The third kappa shape index (κ3) is 3.21. The van der Waals surface area contributed by atoms with Crippen molar-refractivity contribution < 1.29 is 14.7 Å². The van der Waals surface area contributed by atoms with E-state index in [0.29, 0.717) is 19.5 Å². The monoisotopic (exact) mass is 217 g/mol. The van der Waals surface area contributed by atoms with Gasteiger partial charge in [0.1, 0.15) is 0 Å². The third-order valence-corrected chi connectivity index (χ3v) is 2.91. The van der Waals surface area contributed by atoms with E-state index in [9.17, 15) is 9.59 Å². The molecule has 1 saturated heterocycles. The summed E-state index contributed by atoms with van der Waals surface area (Å²) in [5, 5.41) is 8.51. The first kappa shape index (κ1) is 11.4. The highest BCUT2D eigenvalue weighted by Gasteiger charge is 2.31. The van der Waals surface area contributed by atoms with Gasteiger partial charge in [-0.05, 0) is 6.26 Å². The molecule has 1 aliphatic rings. The Morgan fingerprint density at radius 2 is 2.14 bits per heavy atom. The first-order valence-electron chi connectivity index (χ1n) is 4.62. The number of hydrogen-bond donors (Lipinski definition) is 1. The Morgan fingerprint density at radius 1 is 1.50 bits per heavy atom. The van der Waals surface area contributed by atoms with Crippen LogP contribution in [0, 0.1) is 5.92 Å². The zero-order valence-corrected chi connectivity index (χ0v) is 9.05. The lowest BCUT2D eigenvalue weighted by molar-refractivity contribution is -0.144. The van der Waals surface area contributed by atoms with Crippen LogP contribution in [0.2, 0.25) is 0 Å². The molecule has 0 aromatic carbocycles. The smallest absolute Gasteiger partial charge is 0.303 e. The molecule has 5 heteroatoms. The van der Waals surface area contributed by atoms with Gasteiger partial charge in [0.25, 0.3) is 0 Å². The molecule has 1 rings (SSSR count). The van der Waals surface area contributed by atoms with Gasteiger partial charge in [-0.3, -0.25) is 9.59 Å². The SMILES string of the molecule is CSCCC(=O)N1CC(CC(=O)O)C1. The quantitative estimate of drug-likeness (QED) is 0.735. The fourth-order valence-electron chi connectivity index (χ4n) is 1.50. The highest BCUT2D eigenvalue weighted by atomic mass is 32.2. The summed E-state index contributed by atoms with van der Waals surface area (Å²) in [7, 11) is 0. The van der Waals surface area contributed by atoms with Crippen LogP contribution in [0.1, 0.15) is 12.8 Å². The zero-order valence-electron chi connectivity index (χ0n) is 8.23. The van der Waals surface area contributed by atoms with Gasteiger partial charge < -0.3 is 10.0 Å². The summed E-state index contributed by atoms with van der Waals surface area (Å²) < 4.78 is 0. The Kier molecular flexibility index (Phi) is 4.25. The summed E-state index contributed by atoms with van der Waals surface area (Å²) in [4.78, 5) is 23.5. The summed E-state index contributed by atoms with van der Waals surface area (Å²) in [6.45, 7) is 1.25. The number of nitrogens with zero attached hydrogens (tertiary/aromatic N) is 1. The molecule has 1 heterocycles. The van der Waals surface area contributed by atoms with Crippen LogP contribution in [0.4, 0.5) is 0 Å². The molecule has 1 fully saturated rings. The van der Waals surface area contributed by atoms with E-state index in [1.54, 1.807) is 16.7 Å². The van der Waals surface area contributed by atoms with Crippen LogP contribution < -0.4 is 0 Å². The van der Waals surface area contributed by atoms with Crippen molar-refractivity contribution in [3.05, 3.63) is 0 Å². The predicted molar refractivity (Wildman–Crippen MR) is 55.3 cm³/mol. The molecule has 0 spiro atoms. The first-order valence-corrected chi connectivity index (χ1v) is 6.01. The van der Waals surface area contributed by atoms with Crippen molar-refractivity contribution in [3.63, 3.8) is 0 Å². The van der Waals surface area contributed by atoms with Crippen LogP contribution >= 0.6 is 11.8 Å². The van der Waals surface area contributed by atoms with Crippen molar-refractivity contribution in [3.8, 4) is 0 Å². The van der Waals surface area contributed by atoms with Crippen LogP contribution in [0.25, 0.3) is 0 Å². The van der Waals surface area contributed by atoms with E-state index in [2.05, 4.69) is 0 Å². The fourth-order valence-corrected chi connectivity index (χ4v) is 1.88. The summed E-state index contributed by atoms with van der Waals surface area (Å²) >= 11 is 1.65. The van der Waals surface area contributed by atoms with Gasteiger partial charge in [-0.1, -0.05) is 0 Å². The molecule has 1 amide bonds. The molecule has 0 aliphatic carbocycles. The van der Waals surface area contributed by atoms with Gasteiger partial charge in [0.05, 0.1) is 6.42 Å². The average molecular weight is 217 g/mol. The summed E-state index contributed by atoms with van der Waals surface area (Å²) in [6.07, 6.45) is 2.73. The van der Waals surface area contributed by atoms with E-state index < -0.39 is 5.97 Å². The van der Waals surface area contributed by atoms with E-state index in [4.69, 9.17) is 5.11 Å². The van der Waals surface area contributed by atoms with Gasteiger partial charge in [-0.25, -0.2) is 0 Å². The maximum Gasteiger partial charge on any atom is 0.303 e. The Morgan fingerprint density at radius 3 is 2.64 bits per heavy atom. The highest BCUT2D eigenvalue weighted by Crippen LogP contribution is 2.20. The number of amides is 1. The number of carbonyl (C=O) groups is 2. The number of carboxylic acid groups (broad SMARTS) is 1.